The molecule has 0 aliphatic rings. The van der Waals surface area contributed by atoms with Crippen LogP contribution >= 0.6 is 11.6 Å². The quantitative estimate of drug-likeness (QED) is 0.213. The predicted octanol–water partition coefficient (Wildman–Crippen LogP) is 3.58. The normalized spacial score (nSPS) is 12.6. The van der Waals surface area contributed by atoms with Gasteiger partial charge >= 0.3 is 6.09 Å². The zero-order valence-electron chi connectivity index (χ0n) is 24.8. The molecule has 4 aromatic rings. The predicted molar refractivity (Wildman–Crippen MR) is 169 cm³/mol. The van der Waals surface area contributed by atoms with Crippen LogP contribution in [0.5, 0.6) is 0 Å². The molecule has 0 radical (unpaired) electrons. The summed E-state index contributed by atoms with van der Waals surface area (Å²) in [6.07, 6.45) is 3.45. The van der Waals surface area contributed by atoms with Crippen molar-refractivity contribution >= 4 is 45.2 Å². The number of benzene rings is 2. The second-order valence-electron chi connectivity index (χ2n) is 11.2. The molecule has 3 N–H and O–H groups in total. The van der Waals surface area contributed by atoms with Gasteiger partial charge in [-0.15, -0.1) is 5.10 Å². The summed E-state index contributed by atoms with van der Waals surface area (Å²) in [5, 5.41) is 23.3. The van der Waals surface area contributed by atoms with Crippen LogP contribution < -0.4 is 16.2 Å². The van der Waals surface area contributed by atoms with Crippen molar-refractivity contribution in [2.24, 2.45) is 5.41 Å². The van der Waals surface area contributed by atoms with Crippen molar-refractivity contribution < 1.29 is 22.7 Å². The Morgan fingerprint density at radius 1 is 1.13 bits per heavy atom. The fraction of sp³-hybridized carbons (Fsp3) is 0.276. The van der Waals surface area contributed by atoms with Crippen LogP contribution in [0.25, 0.3) is 22.9 Å². The number of methoxy groups -OCH3 is 1. The molecule has 0 fully saturated rings. The molecule has 45 heavy (non-hydrogen) atoms. The molecule has 1 atom stereocenters. The largest absolute Gasteiger partial charge is 0.453 e. The van der Waals surface area contributed by atoms with E-state index in [1.54, 1.807) is 63.2 Å². The van der Waals surface area contributed by atoms with E-state index in [2.05, 4.69) is 41.1 Å². The fourth-order valence-corrected chi connectivity index (χ4v) is 6.79. The summed E-state index contributed by atoms with van der Waals surface area (Å²) in [6.45, 7) is 5.38. The van der Waals surface area contributed by atoms with Crippen LogP contribution in [0.1, 0.15) is 38.1 Å². The van der Waals surface area contributed by atoms with E-state index in [0.29, 0.717) is 27.5 Å². The van der Waals surface area contributed by atoms with Crippen LogP contribution in [-0.2, 0) is 19.4 Å². The third-order valence-electron chi connectivity index (χ3n) is 6.20. The molecular formula is C29H31ClN8O6S. The average molecular weight is 655 g/mol. The van der Waals surface area contributed by atoms with Gasteiger partial charge in [-0.2, -0.15) is 9.78 Å². The fourth-order valence-electron chi connectivity index (χ4n) is 4.41. The second kappa shape index (κ2) is 13.8. The molecular weight excluding hydrogens is 624 g/mol. The molecule has 4 rings (SSSR count). The van der Waals surface area contributed by atoms with Gasteiger partial charge in [0.15, 0.2) is 9.84 Å². The average Bonchev–Trinajstić information content (AvgIpc) is 3.50. The molecule has 236 valence electrons. The molecule has 2 amide bonds. The number of ether oxygens (including phenoxy) is 1. The lowest BCUT2D eigenvalue weighted by atomic mass is 10.0. The van der Waals surface area contributed by atoms with Crippen LogP contribution in [0.4, 0.5) is 10.5 Å². The highest BCUT2D eigenvalue weighted by atomic mass is 35.5. The first-order chi connectivity index (χ1) is 21.2. The maximum absolute atomic E-state index is 13.2. The van der Waals surface area contributed by atoms with E-state index in [1.165, 1.54) is 36.3 Å². The van der Waals surface area contributed by atoms with Gasteiger partial charge < -0.3 is 10.1 Å². The zero-order valence-corrected chi connectivity index (χ0v) is 26.4. The number of aromatic nitrogens is 6. The van der Waals surface area contributed by atoms with Gasteiger partial charge in [0.2, 0.25) is 5.91 Å². The standard InChI is InChI=1S/C29H31ClN8O6S/c1-29(2,3)16-45(42,43)15-24(33-26(39)12-7-19-13-20(30)8-11-25(19)38-17-31-36-37-38)23-14-22(27(40)35-34-23)18-5-9-21(10-6-18)32-28(41)44-4/h5-14,17,24H,15-16H2,1-4H3,(H,32,41)(H,33,39)(H,35,40). The van der Waals surface area contributed by atoms with Crippen molar-refractivity contribution in [1.29, 1.82) is 0 Å². The van der Waals surface area contributed by atoms with E-state index in [0.717, 1.165) is 0 Å². The molecule has 0 aliphatic heterocycles. The van der Waals surface area contributed by atoms with Gasteiger partial charge in [-0.3, -0.25) is 14.9 Å². The number of halogens is 1. The van der Waals surface area contributed by atoms with Gasteiger partial charge in [0.25, 0.3) is 5.56 Å². The number of anilines is 1. The zero-order chi connectivity index (χ0) is 32.8. The van der Waals surface area contributed by atoms with E-state index in [1.807, 2.05) is 0 Å². The van der Waals surface area contributed by atoms with Crippen molar-refractivity contribution in [2.45, 2.75) is 26.8 Å². The van der Waals surface area contributed by atoms with E-state index < -0.39 is 44.6 Å². The molecule has 0 saturated heterocycles. The summed E-state index contributed by atoms with van der Waals surface area (Å²) in [6, 6.07) is 11.6. The number of aromatic amines is 1. The smallest absolute Gasteiger partial charge is 0.411 e. The summed E-state index contributed by atoms with van der Waals surface area (Å²) < 4.78 is 32.4. The maximum atomic E-state index is 13.2. The van der Waals surface area contributed by atoms with Gasteiger partial charge in [0.05, 0.1) is 41.6 Å². The number of nitrogens with one attached hydrogen (secondary N) is 3. The molecule has 2 aromatic heterocycles. The number of rotatable bonds is 10. The molecule has 16 heteroatoms. The van der Waals surface area contributed by atoms with Crippen molar-refractivity contribution in [1.82, 2.24) is 35.7 Å². The van der Waals surface area contributed by atoms with Crippen molar-refractivity contribution in [3.8, 4) is 16.8 Å². The SMILES string of the molecule is COC(=O)Nc1ccc(-c2cc(C(CS(=O)(=O)CC(C)(C)C)NC(=O)C=Cc3cc(Cl)ccc3-n3cnnn3)n[nH]c2=O)cc1. The van der Waals surface area contributed by atoms with Crippen molar-refractivity contribution in [3.63, 3.8) is 0 Å². The molecule has 2 heterocycles. The minimum Gasteiger partial charge on any atom is -0.453 e. The van der Waals surface area contributed by atoms with Crippen LogP contribution in [0, 0.1) is 5.41 Å². The molecule has 14 nitrogen and oxygen atoms in total. The topological polar surface area (TPSA) is 191 Å². The summed E-state index contributed by atoms with van der Waals surface area (Å²) in [5.74, 6) is -1.25. The maximum Gasteiger partial charge on any atom is 0.411 e. The Morgan fingerprint density at radius 2 is 1.87 bits per heavy atom. The lowest BCUT2D eigenvalue weighted by molar-refractivity contribution is -0.117. The lowest BCUT2D eigenvalue weighted by Crippen LogP contribution is -2.36. The van der Waals surface area contributed by atoms with Crippen LogP contribution in [0.2, 0.25) is 5.02 Å². The first-order valence-corrected chi connectivity index (χ1v) is 15.7. The first-order valence-electron chi connectivity index (χ1n) is 13.5. The molecule has 0 aliphatic carbocycles. The summed E-state index contributed by atoms with van der Waals surface area (Å²) in [7, 11) is -2.48. The highest BCUT2D eigenvalue weighted by molar-refractivity contribution is 7.91. The number of hydrogen-bond donors (Lipinski definition) is 3. The Kier molecular flexibility index (Phi) is 10.1. The number of nitrogens with zero attached hydrogens (tertiary/aromatic N) is 5. The Labute approximate surface area is 263 Å². The van der Waals surface area contributed by atoms with Gasteiger partial charge in [-0.25, -0.2) is 18.3 Å². The molecule has 0 spiro atoms. The van der Waals surface area contributed by atoms with Crippen LogP contribution in [-0.4, -0.2) is 69.4 Å². The Morgan fingerprint density at radius 3 is 2.51 bits per heavy atom. The minimum absolute atomic E-state index is 0.123. The Balaban J connectivity index is 1.66. The van der Waals surface area contributed by atoms with Gasteiger partial charge in [-0.1, -0.05) is 44.5 Å². The Bertz CT molecular complexity index is 1870. The highest BCUT2D eigenvalue weighted by Gasteiger charge is 2.28. The van der Waals surface area contributed by atoms with E-state index >= 15 is 0 Å². The molecule has 2 aromatic carbocycles. The number of tetrazole rings is 1. The minimum atomic E-state index is -3.71. The number of amides is 2. The first kappa shape index (κ1) is 33.0. The van der Waals surface area contributed by atoms with Gasteiger partial charge in [0, 0.05) is 22.3 Å². The third kappa shape index (κ3) is 9.30. The summed E-state index contributed by atoms with van der Waals surface area (Å²) in [5.41, 5.74) is 1.20. The van der Waals surface area contributed by atoms with E-state index in [4.69, 9.17) is 11.6 Å². The second-order valence-corrected chi connectivity index (χ2v) is 13.7. The van der Waals surface area contributed by atoms with Crippen molar-refractivity contribution in [3.05, 3.63) is 87.6 Å². The van der Waals surface area contributed by atoms with Gasteiger partial charge in [-0.05, 0) is 63.9 Å². The summed E-state index contributed by atoms with van der Waals surface area (Å²) >= 11 is 6.18. The third-order valence-corrected chi connectivity index (χ3v) is 8.58. The van der Waals surface area contributed by atoms with Crippen molar-refractivity contribution in [2.75, 3.05) is 23.9 Å². The number of hydrogen-bond acceptors (Lipinski definition) is 10. The number of carbonyl (C=O) groups is 2. The van der Waals surface area contributed by atoms with Crippen LogP contribution in [0.3, 0.4) is 0 Å². The highest BCUT2D eigenvalue weighted by Crippen LogP contribution is 2.24. The van der Waals surface area contributed by atoms with Crippen LogP contribution in [0.15, 0.2) is 65.7 Å². The molecule has 0 saturated carbocycles. The number of H-pyrrole nitrogens is 1. The lowest BCUT2D eigenvalue weighted by Gasteiger charge is -2.22. The van der Waals surface area contributed by atoms with E-state index in [9.17, 15) is 22.8 Å². The Hall–Kier alpha value is -4.89. The molecule has 1 unspecified atom stereocenters. The molecule has 0 bridgehead atoms. The summed E-state index contributed by atoms with van der Waals surface area (Å²) in [4.78, 5) is 37.5. The number of carbonyl (C=O) groups excluding carboxylic acids is 2. The van der Waals surface area contributed by atoms with E-state index in [-0.39, 0.29) is 17.0 Å². The monoisotopic (exact) mass is 654 g/mol. The number of sulfone groups is 1. The van der Waals surface area contributed by atoms with Gasteiger partial charge in [0.1, 0.15) is 6.33 Å².